The molecule has 5 nitrogen and oxygen atoms in total. The van der Waals surface area contributed by atoms with Crippen molar-refractivity contribution in [3.63, 3.8) is 0 Å². The number of nitrogens with zero attached hydrogens (tertiary/aromatic N) is 1. The molecule has 0 aliphatic carbocycles. The summed E-state index contributed by atoms with van der Waals surface area (Å²) in [4.78, 5) is 11.1. The van der Waals surface area contributed by atoms with Crippen LogP contribution in [-0.2, 0) is 23.6 Å². The topological polar surface area (TPSA) is 61.8 Å². The summed E-state index contributed by atoms with van der Waals surface area (Å²) in [6.45, 7) is 0. The number of hydrogen-bond donors (Lipinski definition) is 2. The summed E-state index contributed by atoms with van der Waals surface area (Å²) in [6.07, 6.45) is -8.48. The third-order valence-corrected chi connectivity index (χ3v) is 8.66. The molecule has 2 N–H and O–H groups in total. The second-order valence-corrected chi connectivity index (χ2v) is 11.0. The summed E-state index contributed by atoms with van der Waals surface area (Å²) in [7, 11) is 1.42. The molecule has 0 spiro atoms. The highest BCUT2D eigenvalue weighted by atomic mass is 32.2. The fourth-order valence-electron chi connectivity index (χ4n) is 5.63. The first-order valence-electron chi connectivity index (χ1n) is 12.9. The Balaban J connectivity index is 1.55. The van der Waals surface area contributed by atoms with Crippen LogP contribution >= 0.6 is 12.1 Å². The van der Waals surface area contributed by atoms with Crippen molar-refractivity contribution in [1.29, 1.82) is 0 Å². The summed E-state index contributed by atoms with van der Waals surface area (Å²) in [5.74, 6) is -1.64. The Morgan fingerprint density at radius 3 is 2.38 bits per heavy atom. The first-order chi connectivity index (χ1) is 19.8. The van der Waals surface area contributed by atoms with Crippen molar-refractivity contribution in [3.8, 4) is 16.9 Å². The fraction of sp³-hybridized carbons (Fsp3) is 0.345. The summed E-state index contributed by atoms with van der Waals surface area (Å²) in [6, 6.07) is 9.09. The minimum atomic E-state index is -4.74. The van der Waals surface area contributed by atoms with E-state index in [1.165, 1.54) is 13.2 Å². The number of rotatable bonds is 7. The third kappa shape index (κ3) is 6.09. The fourth-order valence-corrected chi connectivity index (χ4v) is 6.86. The molecule has 0 radical (unpaired) electrons. The molecule has 2 aliphatic heterocycles. The smallest absolute Gasteiger partial charge is 0.416 e. The normalized spacial score (nSPS) is 21.0. The van der Waals surface area contributed by atoms with E-state index in [4.69, 9.17) is 9.84 Å². The minimum absolute atomic E-state index is 0.0973. The average molecular weight is 615 g/mol. The number of carboxylic acids is 1. The van der Waals surface area contributed by atoms with E-state index < -0.39 is 53.4 Å². The Kier molecular flexibility index (Phi) is 8.20. The number of alkyl halides is 6. The average Bonchev–Trinajstić information content (AvgIpc) is 3.52. The predicted molar refractivity (Wildman–Crippen MR) is 142 cm³/mol. The van der Waals surface area contributed by atoms with E-state index in [0.717, 1.165) is 36.4 Å². The Labute approximate surface area is 240 Å². The molecular weight excluding hydrogens is 589 g/mol. The van der Waals surface area contributed by atoms with Crippen LogP contribution in [0.3, 0.4) is 0 Å². The maximum Gasteiger partial charge on any atom is 0.416 e. The second-order valence-electron chi connectivity index (χ2n) is 10.2. The van der Waals surface area contributed by atoms with Crippen LogP contribution in [0.1, 0.15) is 59.2 Å². The van der Waals surface area contributed by atoms with E-state index in [2.05, 4.69) is 4.72 Å². The highest BCUT2D eigenvalue weighted by molar-refractivity contribution is 7.95. The van der Waals surface area contributed by atoms with Crippen LogP contribution in [-0.4, -0.2) is 28.5 Å². The molecule has 42 heavy (non-hydrogen) atoms. The van der Waals surface area contributed by atoms with E-state index in [9.17, 15) is 35.5 Å². The van der Waals surface area contributed by atoms with Crippen LogP contribution in [0.15, 0.2) is 54.6 Å². The molecule has 2 heterocycles. The minimum Gasteiger partial charge on any atom is -0.496 e. The number of nitrogens with one attached hydrogen (secondary N) is 1. The lowest BCUT2D eigenvalue weighted by Crippen LogP contribution is -2.26. The predicted octanol–water partition coefficient (Wildman–Crippen LogP) is 7.97. The molecule has 0 saturated carbocycles. The van der Waals surface area contributed by atoms with Crippen molar-refractivity contribution in [1.82, 2.24) is 9.03 Å². The van der Waals surface area contributed by atoms with Gasteiger partial charge in [0.25, 0.3) is 0 Å². The standard InChI is InChI=1S/C29H25F7N2O3S/c1-41-25-8-2-15(3-9-26(39)40)10-22(25)20-5-4-17(28(31,32)33)14-21(20)23-6-7-24-27(37-42-38(23)24)16-11-18(29(34,35)36)13-19(30)12-16/h2,4-5,8,10-14,23-24,27,37H,3,6-7,9H2,1H3,(H,39,40)/t23-,24?,27?/m0/s1. The molecule has 3 atom stereocenters. The van der Waals surface area contributed by atoms with Gasteiger partial charge in [0, 0.05) is 36.2 Å². The summed E-state index contributed by atoms with van der Waals surface area (Å²) < 4.78 is 106. The van der Waals surface area contributed by atoms with Gasteiger partial charge in [-0.05, 0) is 84.0 Å². The van der Waals surface area contributed by atoms with Crippen molar-refractivity contribution in [2.75, 3.05) is 7.11 Å². The van der Waals surface area contributed by atoms with Gasteiger partial charge in [-0.1, -0.05) is 12.1 Å². The Morgan fingerprint density at radius 2 is 1.71 bits per heavy atom. The molecule has 2 unspecified atom stereocenters. The lowest BCUT2D eigenvalue weighted by Gasteiger charge is -2.26. The lowest BCUT2D eigenvalue weighted by atomic mass is 9.90. The molecule has 0 amide bonds. The van der Waals surface area contributed by atoms with Crippen LogP contribution < -0.4 is 9.46 Å². The Morgan fingerprint density at radius 1 is 0.976 bits per heavy atom. The molecule has 224 valence electrons. The third-order valence-electron chi connectivity index (χ3n) is 7.57. The molecule has 5 rings (SSSR count). The first-order valence-corrected chi connectivity index (χ1v) is 13.7. The van der Waals surface area contributed by atoms with Gasteiger partial charge in [-0.3, -0.25) is 4.79 Å². The number of aryl methyl sites for hydroxylation is 1. The monoisotopic (exact) mass is 614 g/mol. The molecule has 2 fully saturated rings. The highest BCUT2D eigenvalue weighted by Gasteiger charge is 2.47. The first kappa shape index (κ1) is 30.2. The van der Waals surface area contributed by atoms with Gasteiger partial charge in [-0.15, -0.1) is 0 Å². The summed E-state index contributed by atoms with van der Waals surface area (Å²) in [5, 5.41) is 9.10. The largest absolute Gasteiger partial charge is 0.496 e. The van der Waals surface area contributed by atoms with Crippen molar-refractivity contribution in [2.45, 2.75) is 56.2 Å². The van der Waals surface area contributed by atoms with Crippen molar-refractivity contribution in [3.05, 3.63) is 88.2 Å². The molecule has 13 heteroatoms. The van der Waals surface area contributed by atoms with Gasteiger partial charge >= 0.3 is 18.3 Å². The number of aliphatic carboxylic acids is 1. The lowest BCUT2D eigenvalue weighted by molar-refractivity contribution is -0.138. The van der Waals surface area contributed by atoms with Crippen molar-refractivity contribution < 1.29 is 45.4 Å². The van der Waals surface area contributed by atoms with E-state index in [0.29, 0.717) is 46.9 Å². The van der Waals surface area contributed by atoms with Crippen LogP contribution in [0.2, 0.25) is 0 Å². The van der Waals surface area contributed by atoms with E-state index in [1.54, 1.807) is 18.2 Å². The van der Waals surface area contributed by atoms with Gasteiger partial charge in [0.1, 0.15) is 11.6 Å². The van der Waals surface area contributed by atoms with Gasteiger partial charge in [0.15, 0.2) is 0 Å². The molecule has 2 aliphatic rings. The summed E-state index contributed by atoms with van der Waals surface area (Å²) >= 11 is 1.08. The van der Waals surface area contributed by atoms with Crippen LogP contribution in [0.4, 0.5) is 30.7 Å². The molecule has 3 aromatic carbocycles. The maximum absolute atomic E-state index is 14.2. The number of benzene rings is 3. The quantitative estimate of drug-likeness (QED) is 0.208. The van der Waals surface area contributed by atoms with Gasteiger partial charge in [-0.2, -0.15) is 26.3 Å². The van der Waals surface area contributed by atoms with Gasteiger partial charge < -0.3 is 9.84 Å². The number of fused-ring (bicyclic) bond motifs is 1. The van der Waals surface area contributed by atoms with Gasteiger partial charge in [-0.25, -0.2) is 13.4 Å². The van der Waals surface area contributed by atoms with E-state index in [1.807, 2.05) is 4.31 Å². The number of carbonyl (C=O) groups is 1. The SMILES string of the molecule is COc1ccc(CCC(=O)O)cc1-c1ccc(C(F)(F)F)cc1[C@@H]1CCC2C(c3cc(F)cc(C(F)(F)F)c3)NSN21. The highest BCUT2D eigenvalue weighted by Crippen LogP contribution is 2.52. The number of halogens is 7. The zero-order valence-electron chi connectivity index (χ0n) is 22.0. The van der Waals surface area contributed by atoms with Crippen molar-refractivity contribution >= 4 is 18.1 Å². The Bertz CT molecular complexity index is 1500. The van der Waals surface area contributed by atoms with Crippen LogP contribution in [0.25, 0.3) is 11.1 Å². The number of methoxy groups -OCH3 is 1. The zero-order valence-corrected chi connectivity index (χ0v) is 22.8. The molecule has 2 saturated heterocycles. The summed E-state index contributed by atoms with van der Waals surface area (Å²) in [5.41, 5.74) is 0.0585. The number of carboxylic acid groups (broad SMARTS) is 1. The molecule has 0 aromatic heterocycles. The zero-order chi connectivity index (χ0) is 30.4. The van der Waals surface area contributed by atoms with Gasteiger partial charge in [0.2, 0.25) is 0 Å². The van der Waals surface area contributed by atoms with Crippen molar-refractivity contribution in [2.24, 2.45) is 0 Å². The second kappa shape index (κ2) is 11.4. The Hall–Kier alpha value is -3.29. The van der Waals surface area contributed by atoms with E-state index >= 15 is 0 Å². The van der Waals surface area contributed by atoms with Gasteiger partial charge in [0.05, 0.1) is 24.3 Å². The van der Waals surface area contributed by atoms with E-state index in [-0.39, 0.29) is 18.4 Å². The van der Waals surface area contributed by atoms with Crippen LogP contribution in [0, 0.1) is 5.82 Å². The molecular formula is C29H25F7N2O3S. The maximum atomic E-state index is 14.2. The number of ether oxygens (including phenoxy) is 1. The molecule has 0 bridgehead atoms. The molecule has 3 aromatic rings. The number of hydrogen-bond acceptors (Lipinski definition) is 5. The van der Waals surface area contributed by atoms with Crippen LogP contribution in [0.5, 0.6) is 5.75 Å².